The van der Waals surface area contributed by atoms with Crippen molar-refractivity contribution in [1.82, 2.24) is 0 Å². The van der Waals surface area contributed by atoms with Crippen molar-refractivity contribution in [1.29, 1.82) is 0 Å². The average molecular weight is 337 g/mol. The number of ether oxygens (including phenoxy) is 1. The number of hydrogen-bond acceptors (Lipinski definition) is 5. The van der Waals surface area contributed by atoms with E-state index in [0.717, 1.165) is 5.56 Å². The fourth-order valence-electron chi connectivity index (χ4n) is 2.21. The Kier molecular flexibility index (Phi) is 4.82. The monoisotopic (exact) mass is 337 g/mol. The summed E-state index contributed by atoms with van der Waals surface area (Å²) in [6.45, 7) is 0. The molecule has 0 aliphatic carbocycles. The van der Waals surface area contributed by atoms with E-state index in [2.05, 4.69) is 4.99 Å². The number of nitrogens with zero attached hydrogens (tertiary/aromatic N) is 1. The van der Waals surface area contributed by atoms with Crippen LogP contribution in [0.2, 0.25) is 0 Å². The van der Waals surface area contributed by atoms with Crippen molar-refractivity contribution < 1.29 is 14.6 Å². The zero-order valence-electron chi connectivity index (χ0n) is 13.0. The lowest BCUT2D eigenvalue weighted by Crippen LogP contribution is -2.10. The molecule has 0 unspecified atom stereocenters. The van der Waals surface area contributed by atoms with Crippen LogP contribution in [-0.2, 0) is 9.53 Å². The average Bonchev–Trinajstić information content (AvgIpc) is 2.91. The van der Waals surface area contributed by atoms with Crippen molar-refractivity contribution in [2.24, 2.45) is 4.99 Å². The number of para-hydroxylation sites is 1. The van der Waals surface area contributed by atoms with Gasteiger partial charge in [-0.25, -0.2) is 9.79 Å². The standard InChI is InChI=1S/C19H15NO3S/c1-23-19(22)16-17(21)15(12-13-8-4-2-5-9-13)24-18(16)20-14-10-6-3-7-11-14/h2-12,21H,1H3. The maximum Gasteiger partial charge on any atom is 0.344 e. The van der Waals surface area contributed by atoms with Gasteiger partial charge in [0.05, 0.1) is 17.7 Å². The first-order valence-corrected chi connectivity index (χ1v) is 8.11. The number of benzene rings is 2. The molecule has 1 aliphatic heterocycles. The van der Waals surface area contributed by atoms with E-state index < -0.39 is 5.97 Å². The number of aliphatic hydroxyl groups excluding tert-OH is 1. The minimum absolute atomic E-state index is 0.0912. The molecule has 0 atom stereocenters. The Labute approximate surface area is 144 Å². The van der Waals surface area contributed by atoms with E-state index >= 15 is 0 Å². The smallest absolute Gasteiger partial charge is 0.344 e. The number of hydrogen-bond donors (Lipinski definition) is 1. The molecule has 24 heavy (non-hydrogen) atoms. The van der Waals surface area contributed by atoms with Gasteiger partial charge < -0.3 is 9.84 Å². The molecule has 3 rings (SSSR count). The summed E-state index contributed by atoms with van der Waals surface area (Å²) >= 11 is 1.25. The summed E-state index contributed by atoms with van der Waals surface area (Å²) in [5.74, 6) is -0.712. The highest BCUT2D eigenvalue weighted by Crippen LogP contribution is 2.40. The predicted octanol–water partition coefficient (Wildman–Crippen LogP) is 4.49. The first-order chi connectivity index (χ1) is 11.7. The molecule has 0 saturated carbocycles. The summed E-state index contributed by atoms with van der Waals surface area (Å²) in [5.41, 5.74) is 1.72. The van der Waals surface area contributed by atoms with Crippen molar-refractivity contribution in [3.8, 4) is 0 Å². The van der Waals surface area contributed by atoms with Gasteiger partial charge in [0.2, 0.25) is 0 Å². The van der Waals surface area contributed by atoms with Crippen LogP contribution < -0.4 is 0 Å². The van der Waals surface area contributed by atoms with Gasteiger partial charge in [0, 0.05) is 0 Å². The number of esters is 1. The molecule has 0 radical (unpaired) electrons. The second-order valence-corrected chi connectivity index (χ2v) is 6.02. The Balaban J connectivity index is 2.04. The third-order valence-corrected chi connectivity index (χ3v) is 4.38. The van der Waals surface area contributed by atoms with Crippen LogP contribution in [-0.4, -0.2) is 23.2 Å². The molecule has 4 nitrogen and oxygen atoms in total. The predicted molar refractivity (Wildman–Crippen MR) is 97.2 cm³/mol. The van der Waals surface area contributed by atoms with Crippen LogP contribution in [0, 0.1) is 0 Å². The van der Waals surface area contributed by atoms with Crippen molar-refractivity contribution >= 4 is 34.5 Å². The molecule has 0 spiro atoms. The van der Waals surface area contributed by atoms with Crippen molar-refractivity contribution in [3.63, 3.8) is 0 Å². The third-order valence-electron chi connectivity index (χ3n) is 3.36. The molecule has 0 fully saturated rings. The zero-order chi connectivity index (χ0) is 16.9. The van der Waals surface area contributed by atoms with Crippen LogP contribution in [0.5, 0.6) is 0 Å². The second-order valence-electron chi connectivity index (χ2n) is 4.99. The minimum atomic E-state index is -0.605. The van der Waals surface area contributed by atoms with Gasteiger partial charge in [0.1, 0.15) is 16.4 Å². The number of thioether (sulfide) groups is 1. The summed E-state index contributed by atoms with van der Waals surface area (Å²) in [6.07, 6.45) is 1.82. The van der Waals surface area contributed by atoms with E-state index in [1.165, 1.54) is 18.9 Å². The molecule has 1 N–H and O–H groups in total. The molecule has 0 saturated heterocycles. The number of carbonyl (C=O) groups excluding carboxylic acids is 1. The Morgan fingerprint density at radius 2 is 1.71 bits per heavy atom. The zero-order valence-corrected chi connectivity index (χ0v) is 13.8. The van der Waals surface area contributed by atoms with Crippen LogP contribution in [0.3, 0.4) is 0 Å². The highest BCUT2D eigenvalue weighted by Gasteiger charge is 2.32. The lowest BCUT2D eigenvalue weighted by molar-refractivity contribution is -0.135. The summed E-state index contributed by atoms with van der Waals surface area (Å²) in [7, 11) is 1.28. The first kappa shape index (κ1) is 16.1. The quantitative estimate of drug-likeness (QED) is 0.838. The number of methoxy groups -OCH3 is 1. The van der Waals surface area contributed by atoms with Gasteiger partial charge in [0.25, 0.3) is 0 Å². The highest BCUT2D eigenvalue weighted by atomic mass is 32.2. The summed E-state index contributed by atoms with van der Waals surface area (Å²) in [5, 5.41) is 10.9. The fourth-order valence-corrected chi connectivity index (χ4v) is 3.25. The van der Waals surface area contributed by atoms with Crippen molar-refractivity contribution in [3.05, 3.63) is 82.5 Å². The van der Waals surface area contributed by atoms with Gasteiger partial charge in [-0.1, -0.05) is 60.3 Å². The lowest BCUT2D eigenvalue weighted by atomic mass is 10.1. The molecule has 1 aliphatic rings. The number of aliphatic imine (C=N–C) groups is 1. The summed E-state index contributed by atoms with van der Waals surface area (Å²) in [6, 6.07) is 18.9. The van der Waals surface area contributed by atoms with Crippen molar-refractivity contribution in [2.45, 2.75) is 0 Å². The largest absolute Gasteiger partial charge is 0.506 e. The summed E-state index contributed by atoms with van der Waals surface area (Å²) in [4.78, 5) is 17.1. The normalized spacial score (nSPS) is 17.5. The fraction of sp³-hybridized carbons (Fsp3) is 0.0526. The Morgan fingerprint density at radius 1 is 1.08 bits per heavy atom. The molecular weight excluding hydrogens is 322 g/mol. The molecule has 120 valence electrons. The molecule has 1 heterocycles. The Hall–Kier alpha value is -2.79. The first-order valence-electron chi connectivity index (χ1n) is 7.29. The highest BCUT2D eigenvalue weighted by molar-refractivity contribution is 8.18. The van der Waals surface area contributed by atoms with Crippen LogP contribution in [0.25, 0.3) is 6.08 Å². The van der Waals surface area contributed by atoms with Gasteiger partial charge in [-0.15, -0.1) is 0 Å². The van der Waals surface area contributed by atoms with E-state index in [-0.39, 0.29) is 11.3 Å². The van der Waals surface area contributed by atoms with Gasteiger partial charge in [-0.3, -0.25) is 0 Å². The van der Waals surface area contributed by atoms with Crippen LogP contribution in [0.15, 0.2) is 81.9 Å². The van der Waals surface area contributed by atoms with E-state index in [0.29, 0.717) is 15.6 Å². The molecule has 0 bridgehead atoms. The third kappa shape index (κ3) is 3.41. The molecule has 5 heteroatoms. The summed E-state index contributed by atoms with van der Waals surface area (Å²) < 4.78 is 4.79. The topological polar surface area (TPSA) is 58.9 Å². The van der Waals surface area contributed by atoms with Crippen LogP contribution in [0.4, 0.5) is 5.69 Å². The lowest BCUT2D eigenvalue weighted by Gasteiger charge is -2.01. The van der Waals surface area contributed by atoms with E-state index in [1.54, 1.807) is 0 Å². The molecule has 0 aromatic heterocycles. The van der Waals surface area contributed by atoms with Gasteiger partial charge in [0.15, 0.2) is 0 Å². The Morgan fingerprint density at radius 3 is 2.33 bits per heavy atom. The number of carbonyl (C=O) groups is 1. The maximum absolute atomic E-state index is 12.1. The van der Waals surface area contributed by atoms with E-state index in [4.69, 9.17) is 4.74 Å². The Bertz CT molecular complexity index is 839. The molecule has 0 amide bonds. The van der Waals surface area contributed by atoms with Gasteiger partial charge >= 0.3 is 5.97 Å². The van der Waals surface area contributed by atoms with Gasteiger partial charge in [-0.2, -0.15) is 0 Å². The minimum Gasteiger partial charge on any atom is -0.506 e. The van der Waals surface area contributed by atoms with Crippen molar-refractivity contribution in [2.75, 3.05) is 7.11 Å². The molecule has 2 aromatic carbocycles. The SMILES string of the molecule is COC(=O)C1=C(O)C(=Cc2ccccc2)SC1=Nc1ccccc1. The molecular formula is C19H15NO3S. The molecule has 2 aromatic rings. The van der Waals surface area contributed by atoms with Crippen LogP contribution in [0.1, 0.15) is 5.56 Å². The van der Waals surface area contributed by atoms with E-state index in [9.17, 15) is 9.90 Å². The van der Waals surface area contributed by atoms with Gasteiger partial charge in [-0.05, 0) is 23.8 Å². The number of aliphatic hydroxyl groups is 1. The maximum atomic E-state index is 12.1. The van der Waals surface area contributed by atoms with E-state index in [1.807, 2.05) is 66.7 Å². The van der Waals surface area contributed by atoms with Crippen LogP contribution >= 0.6 is 11.8 Å². The number of rotatable bonds is 3. The second kappa shape index (κ2) is 7.19.